The standard InChI is InChI=1S/C19H30N2O/c1-14(2)17-5-7-18(8-6-17)19(22)20-9-10-21-12-15(3)11-16(4)13-21/h5-8,14-16H,9-13H2,1-4H3,(H,20,22). The number of likely N-dealkylation sites (tertiary alicyclic amines) is 1. The molecule has 0 spiro atoms. The molecular formula is C19H30N2O. The summed E-state index contributed by atoms with van der Waals surface area (Å²) in [5, 5.41) is 3.04. The minimum Gasteiger partial charge on any atom is -0.351 e. The molecule has 1 aliphatic rings. The highest BCUT2D eigenvalue weighted by atomic mass is 16.1. The fraction of sp³-hybridized carbons (Fsp3) is 0.632. The van der Waals surface area contributed by atoms with Gasteiger partial charge in [-0.1, -0.05) is 39.8 Å². The summed E-state index contributed by atoms with van der Waals surface area (Å²) in [6.45, 7) is 12.9. The number of benzene rings is 1. The number of piperidine rings is 1. The van der Waals surface area contributed by atoms with Gasteiger partial charge in [-0.2, -0.15) is 0 Å². The van der Waals surface area contributed by atoms with Crippen LogP contribution in [0.1, 0.15) is 56.0 Å². The first-order chi connectivity index (χ1) is 10.5. The lowest BCUT2D eigenvalue weighted by atomic mass is 9.92. The number of nitrogens with zero attached hydrogens (tertiary/aromatic N) is 1. The normalized spacial score (nSPS) is 22.8. The highest BCUT2D eigenvalue weighted by Gasteiger charge is 2.21. The molecule has 0 bridgehead atoms. The zero-order valence-electron chi connectivity index (χ0n) is 14.4. The fourth-order valence-electron chi connectivity index (χ4n) is 3.42. The van der Waals surface area contributed by atoms with Gasteiger partial charge in [0.25, 0.3) is 5.91 Å². The Balaban J connectivity index is 1.77. The molecule has 1 fully saturated rings. The molecule has 1 aromatic carbocycles. The first-order valence-corrected chi connectivity index (χ1v) is 8.56. The van der Waals surface area contributed by atoms with Crippen LogP contribution in [0.2, 0.25) is 0 Å². The molecule has 3 heteroatoms. The van der Waals surface area contributed by atoms with Crippen LogP contribution >= 0.6 is 0 Å². The van der Waals surface area contributed by atoms with E-state index in [-0.39, 0.29) is 5.91 Å². The third kappa shape index (κ3) is 4.84. The first-order valence-electron chi connectivity index (χ1n) is 8.56. The molecule has 0 aromatic heterocycles. The molecule has 0 radical (unpaired) electrons. The highest BCUT2D eigenvalue weighted by Crippen LogP contribution is 2.20. The van der Waals surface area contributed by atoms with Gasteiger partial charge in [0.05, 0.1) is 0 Å². The van der Waals surface area contributed by atoms with E-state index in [1.54, 1.807) is 0 Å². The third-order valence-electron chi connectivity index (χ3n) is 4.50. The Bertz CT molecular complexity index is 471. The second-order valence-corrected chi connectivity index (χ2v) is 7.24. The van der Waals surface area contributed by atoms with E-state index >= 15 is 0 Å². The average molecular weight is 302 g/mol. The van der Waals surface area contributed by atoms with Gasteiger partial charge in [0, 0.05) is 31.7 Å². The zero-order valence-corrected chi connectivity index (χ0v) is 14.4. The van der Waals surface area contributed by atoms with Crippen molar-refractivity contribution < 1.29 is 4.79 Å². The zero-order chi connectivity index (χ0) is 16.1. The van der Waals surface area contributed by atoms with E-state index in [2.05, 4.69) is 37.9 Å². The van der Waals surface area contributed by atoms with E-state index in [4.69, 9.17) is 0 Å². The van der Waals surface area contributed by atoms with Gasteiger partial charge >= 0.3 is 0 Å². The van der Waals surface area contributed by atoms with Crippen LogP contribution in [0.3, 0.4) is 0 Å². The van der Waals surface area contributed by atoms with E-state index in [0.29, 0.717) is 5.92 Å². The minimum absolute atomic E-state index is 0.0356. The Hall–Kier alpha value is -1.35. The number of nitrogens with one attached hydrogen (secondary N) is 1. The highest BCUT2D eigenvalue weighted by molar-refractivity contribution is 5.94. The van der Waals surface area contributed by atoms with Gasteiger partial charge in [0.1, 0.15) is 0 Å². The summed E-state index contributed by atoms with van der Waals surface area (Å²) in [6.07, 6.45) is 1.32. The van der Waals surface area contributed by atoms with E-state index in [0.717, 1.165) is 43.6 Å². The van der Waals surface area contributed by atoms with Crippen molar-refractivity contribution in [3.63, 3.8) is 0 Å². The van der Waals surface area contributed by atoms with Crippen LogP contribution < -0.4 is 5.32 Å². The summed E-state index contributed by atoms with van der Waals surface area (Å²) >= 11 is 0. The Labute approximate surface area is 135 Å². The van der Waals surface area contributed by atoms with E-state index in [1.807, 2.05) is 24.3 Å². The van der Waals surface area contributed by atoms with Gasteiger partial charge in [-0.25, -0.2) is 0 Å². The van der Waals surface area contributed by atoms with Gasteiger partial charge in [-0.05, 0) is 41.9 Å². The van der Waals surface area contributed by atoms with Crippen LogP contribution in [-0.4, -0.2) is 37.0 Å². The molecule has 1 heterocycles. The van der Waals surface area contributed by atoms with Crippen LogP contribution in [0.25, 0.3) is 0 Å². The molecule has 1 aliphatic heterocycles. The number of carbonyl (C=O) groups excluding carboxylic acids is 1. The van der Waals surface area contributed by atoms with Crippen molar-refractivity contribution >= 4 is 5.91 Å². The van der Waals surface area contributed by atoms with Crippen LogP contribution in [-0.2, 0) is 0 Å². The van der Waals surface area contributed by atoms with Gasteiger partial charge in [0.15, 0.2) is 0 Å². The van der Waals surface area contributed by atoms with Crippen molar-refractivity contribution in [2.45, 2.75) is 40.0 Å². The van der Waals surface area contributed by atoms with Gasteiger partial charge < -0.3 is 10.2 Å². The van der Waals surface area contributed by atoms with Crippen LogP contribution in [0.4, 0.5) is 0 Å². The summed E-state index contributed by atoms with van der Waals surface area (Å²) in [7, 11) is 0. The molecule has 1 aromatic rings. The van der Waals surface area contributed by atoms with E-state index in [1.165, 1.54) is 12.0 Å². The minimum atomic E-state index is 0.0356. The maximum atomic E-state index is 12.2. The molecule has 0 aliphatic carbocycles. The number of amides is 1. The predicted molar refractivity (Wildman–Crippen MR) is 92.2 cm³/mol. The Kier molecular flexibility index (Phi) is 6.01. The Morgan fingerprint density at radius 3 is 2.32 bits per heavy atom. The summed E-state index contributed by atoms with van der Waals surface area (Å²) in [4.78, 5) is 14.6. The van der Waals surface area contributed by atoms with E-state index in [9.17, 15) is 4.79 Å². The van der Waals surface area contributed by atoms with E-state index < -0.39 is 0 Å². The molecule has 0 saturated carbocycles. The number of hydrogen-bond acceptors (Lipinski definition) is 2. The smallest absolute Gasteiger partial charge is 0.251 e. The lowest BCUT2D eigenvalue weighted by Crippen LogP contribution is -2.42. The average Bonchev–Trinajstić information content (AvgIpc) is 2.46. The molecule has 1 amide bonds. The molecule has 22 heavy (non-hydrogen) atoms. The molecule has 1 N–H and O–H groups in total. The fourth-order valence-corrected chi connectivity index (χ4v) is 3.42. The van der Waals surface area contributed by atoms with Crippen LogP contribution in [0.5, 0.6) is 0 Å². The van der Waals surface area contributed by atoms with Crippen molar-refractivity contribution in [1.82, 2.24) is 10.2 Å². The number of hydrogen-bond donors (Lipinski definition) is 1. The van der Waals surface area contributed by atoms with Gasteiger partial charge in [0.2, 0.25) is 0 Å². The maximum Gasteiger partial charge on any atom is 0.251 e. The second kappa shape index (κ2) is 7.77. The number of rotatable bonds is 5. The van der Waals surface area contributed by atoms with Crippen molar-refractivity contribution in [3.05, 3.63) is 35.4 Å². The Morgan fingerprint density at radius 2 is 1.77 bits per heavy atom. The Morgan fingerprint density at radius 1 is 1.18 bits per heavy atom. The predicted octanol–water partition coefficient (Wildman–Crippen LogP) is 3.52. The topological polar surface area (TPSA) is 32.3 Å². The molecule has 122 valence electrons. The number of carbonyl (C=O) groups is 1. The lowest BCUT2D eigenvalue weighted by molar-refractivity contribution is 0.0936. The van der Waals surface area contributed by atoms with Crippen molar-refractivity contribution in [2.75, 3.05) is 26.2 Å². The molecule has 2 rings (SSSR count). The largest absolute Gasteiger partial charge is 0.351 e. The van der Waals surface area contributed by atoms with Crippen molar-refractivity contribution in [1.29, 1.82) is 0 Å². The second-order valence-electron chi connectivity index (χ2n) is 7.24. The molecule has 3 nitrogen and oxygen atoms in total. The van der Waals surface area contributed by atoms with Crippen LogP contribution in [0.15, 0.2) is 24.3 Å². The SMILES string of the molecule is CC1CC(C)CN(CCNC(=O)c2ccc(C(C)C)cc2)C1. The lowest BCUT2D eigenvalue weighted by Gasteiger charge is -2.34. The first kappa shape index (κ1) is 17.0. The van der Waals surface area contributed by atoms with Crippen LogP contribution in [0, 0.1) is 11.8 Å². The third-order valence-corrected chi connectivity index (χ3v) is 4.50. The molecular weight excluding hydrogens is 272 g/mol. The molecule has 2 unspecified atom stereocenters. The summed E-state index contributed by atoms with van der Waals surface area (Å²) in [5.74, 6) is 2.07. The molecule has 2 atom stereocenters. The quantitative estimate of drug-likeness (QED) is 0.902. The summed E-state index contributed by atoms with van der Waals surface area (Å²) in [5.41, 5.74) is 2.03. The summed E-state index contributed by atoms with van der Waals surface area (Å²) < 4.78 is 0. The monoisotopic (exact) mass is 302 g/mol. The maximum absolute atomic E-state index is 12.2. The van der Waals surface area contributed by atoms with Gasteiger partial charge in [-0.3, -0.25) is 4.79 Å². The van der Waals surface area contributed by atoms with Gasteiger partial charge in [-0.15, -0.1) is 0 Å². The molecule has 1 saturated heterocycles. The van der Waals surface area contributed by atoms with Crippen molar-refractivity contribution in [2.24, 2.45) is 11.8 Å². The van der Waals surface area contributed by atoms with Crippen molar-refractivity contribution in [3.8, 4) is 0 Å². The summed E-state index contributed by atoms with van der Waals surface area (Å²) in [6, 6.07) is 7.95.